The van der Waals surface area contributed by atoms with Crippen LogP contribution in [0.3, 0.4) is 0 Å². The van der Waals surface area contributed by atoms with Gasteiger partial charge in [-0.2, -0.15) is 4.98 Å². The van der Waals surface area contributed by atoms with Gasteiger partial charge in [0.05, 0.1) is 17.1 Å². The Labute approximate surface area is 196 Å². The molecule has 0 fully saturated rings. The maximum absolute atomic E-state index is 13.1. The lowest BCUT2D eigenvalue weighted by molar-refractivity contribution is 0.0768. The van der Waals surface area contributed by atoms with E-state index in [1.54, 1.807) is 19.2 Å². The minimum absolute atomic E-state index is 0.0110. The molecule has 2 aromatic heterocycles. The van der Waals surface area contributed by atoms with Crippen molar-refractivity contribution in [1.29, 1.82) is 0 Å². The normalized spacial score (nSPS) is 11.5. The third kappa shape index (κ3) is 5.18. The molecule has 0 aliphatic rings. The molecule has 0 aliphatic heterocycles. The summed E-state index contributed by atoms with van der Waals surface area (Å²) in [5.41, 5.74) is 1.52. The SMILES string of the molecule is CCc1nc(CN(C)C(=O)c2nc(Cc3ccccc3)n(-c3ccc(S(N)(=O)=O)cc3)n2)no1. The Morgan fingerprint density at radius 2 is 1.79 bits per heavy atom. The van der Waals surface area contributed by atoms with Crippen LogP contribution in [0.1, 0.15) is 40.6 Å². The number of carbonyl (C=O) groups excluding carboxylic acids is 1. The van der Waals surface area contributed by atoms with Crippen molar-refractivity contribution in [3.8, 4) is 5.69 Å². The molecule has 1 amide bonds. The smallest absolute Gasteiger partial charge is 0.293 e. The first-order chi connectivity index (χ1) is 16.2. The lowest BCUT2D eigenvalue weighted by atomic mass is 10.1. The summed E-state index contributed by atoms with van der Waals surface area (Å²) in [4.78, 5) is 23.2. The van der Waals surface area contributed by atoms with Gasteiger partial charge < -0.3 is 9.42 Å². The van der Waals surface area contributed by atoms with E-state index in [2.05, 4.69) is 20.2 Å². The van der Waals surface area contributed by atoms with Crippen LogP contribution in [0.2, 0.25) is 0 Å². The fraction of sp³-hybridized carbons (Fsp3) is 0.227. The van der Waals surface area contributed by atoms with E-state index in [0.29, 0.717) is 36.1 Å². The maximum Gasteiger partial charge on any atom is 0.293 e. The summed E-state index contributed by atoms with van der Waals surface area (Å²) < 4.78 is 29.8. The third-order valence-electron chi connectivity index (χ3n) is 5.02. The number of rotatable bonds is 8. The average Bonchev–Trinajstić information content (AvgIpc) is 3.45. The van der Waals surface area contributed by atoms with E-state index in [-0.39, 0.29) is 17.3 Å². The second-order valence-corrected chi connectivity index (χ2v) is 9.15. The highest BCUT2D eigenvalue weighted by atomic mass is 32.2. The number of aromatic nitrogens is 5. The summed E-state index contributed by atoms with van der Waals surface area (Å²) in [6, 6.07) is 15.5. The lowest BCUT2D eigenvalue weighted by Gasteiger charge is -2.12. The van der Waals surface area contributed by atoms with Crippen LogP contribution in [0.4, 0.5) is 0 Å². The molecule has 176 valence electrons. The second-order valence-electron chi connectivity index (χ2n) is 7.58. The Bertz CT molecular complexity index is 1400. The zero-order valence-corrected chi connectivity index (χ0v) is 19.4. The van der Waals surface area contributed by atoms with Crippen LogP contribution in [0.15, 0.2) is 64.0 Å². The quantitative estimate of drug-likeness (QED) is 0.400. The van der Waals surface area contributed by atoms with Crippen molar-refractivity contribution in [2.24, 2.45) is 5.14 Å². The minimum atomic E-state index is -3.84. The van der Waals surface area contributed by atoms with E-state index in [4.69, 9.17) is 9.66 Å². The molecule has 2 aromatic carbocycles. The molecule has 0 aliphatic carbocycles. The fourth-order valence-electron chi connectivity index (χ4n) is 3.26. The van der Waals surface area contributed by atoms with Gasteiger partial charge in [0, 0.05) is 19.9 Å². The predicted molar refractivity (Wildman–Crippen MR) is 121 cm³/mol. The fourth-order valence-corrected chi connectivity index (χ4v) is 3.78. The molecule has 12 heteroatoms. The molecule has 0 bridgehead atoms. The van der Waals surface area contributed by atoms with E-state index in [0.717, 1.165) is 5.56 Å². The van der Waals surface area contributed by atoms with Gasteiger partial charge in [0.1, 0.15) is 5.82 Å². The third-order valence-corrected chi connectivity index (χ3v) is 5.95. The molecule has 0 atom stereocenters. The number of nitrogens with two attached hydrogens (primary N) is 1. The molecule has 2 heterocycles. The highest BCUT2D eigenvalue weighted by Crippen LogP contribution is 2.17. The van der Waals surface area contributed by atoms with Gasteiger partial charge in [-0.15, -0.1) is 5.10 Å². The van der Waals surface area contributed by atoms with Gasteiger partial charge in [-0.05, 0) is 29.8 Å². The number of sulfonamides is 1. The van der Waals surface area contributed by atoms with Crippen LogP contribution in [-0.2, 0) is 29.4 Å². The minimum Gasteiger partial charge on any atom is -0.339 e. The number of benzene rings is 2. The van der Waals surface area contributed by atoms with Crippen LogP contribution in [0.5, 0.6) is 0 Å². The van der Waals surface area contributed by atoms with Crippen LogP contribution < -0.4 is 5.14 Å². The zero-order chi connectivity index (χ0) is 24.3. The zero-order valence-electron chi connectivity index (χ0n) is 18.6. The highest BCUT2D eigenvalue weighted by Gasteiger charge is 2.22. The Morgan fingerprint density at radius 3 is 2.41 bits per heavy atom. The van der Waals surface area contributed by atoms with Gasteiger partial charge >= 0.3 is 0 Å². The van der Waals surface area contributed by atoms with Crippen molar-refractivity contribution in [3.05, 3.63) is 83.5 Å². The lowest BCUT2D eigenvalue weighted by Crippen LogP contribution is -2.28. The Balaban J connectivity index is 1.66. The summed E-state index contributed by atoms with van der Waals surface area (Å²) in [5, 5.41) is 13.5. The second kappa shape index (κ2) is 9.53. The molecule has 11 nitrogen and oxygen atoms in total. The summed E-state index contributed by atoms with van der Waals surface area (Å²) in [6.07, 6.45) is 1.01. The molecule has 2 N–H and O–H groups in total. The van der Waals surface area contributed by atoms with E-state index < -0.39 is 15.9 Å². The molecular formula is C22H23N7O4S. The van der Waals surface area contributed by atoms with Crippen molar-refractivity contribution >= 4 is 15.9 Å². The number of carbonyl (C=O) groups is 1. The van der Waals surface area contributed by atoms with Crippen LogP contribution in [0.25, 0.3) is 5.69 Å². The molecule has 0 radical (unpaired) electrons. The van der Waals surface area contributed by atoms with E-state index in [1.165, 1.54) is 21.7 Å². The first-order valence-electron chi connectivity index (χ1n) is 10.4. The molecule has 0 saturated carbocycles. The Kier molecular flexibility index (Phi) is 6.52. The van der Waals surface area contributed by atoms with Crippen molar-refractivity contribution in [3.63, 3.8) is 0 Å². The summed E-state index contributed by atoms with van der Waals surface area (Å²) in [7, 11) is -2.24. The van der Waals surface area contributed by atoms with Gasteiger partial charge in [0.2, 0.25) is 21.7 Å². The highest BCUT2D eigenvalue weighted by molar-refractivity contribution is 7.89. The number of amides is 1. The van der Waals surface area contributed by atoms with Crippen molar-refractivity contribution < 1.29 is 17.7 Å². The van der Waals surface area contributed by atoms with Gasteiger partial charge in [-0.1, -0.05) is 42.4 Å². The predicted octanol–water partition coefficient (Wildman–Crippen LogP) is 1.72. The van der Waals surface area contributed by atoms with Crippen molar-refractivity contribution in [2.45, 2.75) is 31.2 Å². The van der Waals surface area contributed by atoms with Crippen molar-refractivity contribution in [1.82, 2.24) is 29.8 Å². The van der Waals surface area contributed by atoms with Crippen LogP contribution in [0, 0.1) is 0 Å². The maximum atomic E-state index is 13.1. The molecule has 34 heavy (non-hydrogen) atoms. The van der Waals surface area contributed by atoms with Gasteiger partial charge in [0.25, 0.3) is 5.91 Å². The van der Waals surface area contributed by atoms with E-state index in [9.17, 15) is 13.2 Å². The summed E-state index contributed by atoms with van der Waals surface area (Å²) in [5.74, 6) is 0.959. The van der Waals surface area contributed by atoms with Crippen LogP contribution >= 0.6 is 0 Å². The molecular weight excluding hydrogens is 458 g/mol. The molecule has 0 saturated heterocycles. The standard InChI is InChI=1S/C22H23N7O4S/c1-3-20-24-18(27-33-20)14-28(2)22(30)21-25-19(13-15-7-5-4-6-8-15)29(26-21)16-9-11-17(12-10-16)34(23,31)32/h4-12H,3,13-14H2,1-2H3,(H2,23,31,32). The van der Waals surface area contributed by atoms with Gasteiger partial charge in [-0.3, -0.25) is 4.79 Å². The monoisotopic (exact) mass is 481 g/mol. The topological polar surface area (TPSA) is 150 Å². The number of primary sulfonamides is 1. The Morgan fingerprint density at radius 1 is 1.09 bits per heavy atom. The van der Waals surface area contributed by atoms with Gasteiger partial charge in [0.15, 0.2) is 5.82 Å². The molecule has 4 rings (SSSR count). The first-order valence-corrected chi connectivity index (χ1v) is 12.0. The summed E-state index contributed by atoms with van der Waals surface area (Å²) in [6.45, 7) is 2.03. The number of aryl methyl sites for hydroxylation is 1. The largest absolute Gasteiger partial charge is 0.339 e. The van der Waals surface area contributed by atoms with E-state index in [1.807, 2.05) is 37.3 Å². The molecule has 0 spiro atoms. The van der Waals surface area contributed by atoms with Crippen molar-refractivity contribution in [2.75, 3.05) is 7.05 Å². The van der Waals surface area contributed by atoms with E-state index >= 15 is 0 Å². The van der Waals surface area contributed by atoms with Crippen LogP contribution in [-0.4, -0.2) is 51.2 Å². The average molecular weight is 482 g/mol. The summed E-state index contributed by atoms with van der Waals surface area (Å²) >= 11 is 0. The number of nitrogens with zero attached hydrogens (tertiary/aromatic N) is 6. The first kappa shape index (κ1) is 23.3. The number of hydrogen-bond acceptors (Lipinski definition) is 8. The Hall–Kier alpha value is -3.90. The number of hydrogen-bond donors (Lipinski definition) is 1. The van der Waals surface area contributed by atoms with Gasteiger partial charge in [-0.25, -0.2) is 23.2 Å². The molecule has 0 unspecified atom stereocenters. The molecule has 4 aromatic rings.